The van der Waals surface area contributed by atoms with E-state index in [1.54, 1.807) is 6.92 Å². The van der Waals surface area contributed by atoms with Crippen LogP contribution in [0.2, 0.25) is 0 Å². The van der Waals surface area contributed by atoms with Crippen LogP contribution in [-0.4, -0.2) is 45.5 Å². The molecule has 2 aromatic carbocycles. The Morgan fingerprint density at radius 1 is 1.07 bits per heavy atom. The monoisotopic (exact) mass is 394 g/mol. The summed E-state index contributed by atoms with van der Waals surface area (Å²) in [7, 11) is 0. The second-order valence-corrected chi connectivity index (χ2v) is 6.95. The lowest BCUT2D eigenvalue weighted by atomic mass is 9.98. The van der Waals surface area contributed by atoms with Gasteiger partial charge >= 0.3 is 5.97 Å². The number of nitrogens with zero attached hydrogens (tertiary/aromatic N) is 1. The van der Waals surface area contributed by atoms with E-state index in [2.05, 4.69) is 5.32 Å². The minimum absolute atomic E-state index is 0.129. The molecule has 3 N–H and O–H groups in total. The molecule has 0 fully saturated rings. The van der Waals surface area contributed by atoms with E-state index in [4.69, 9.17) is 5.11 Å². The molecular formula is C22H22N2O5. The predicted octanol–water partition coefficient (Wildman–Crippen LogP) is 2.49. The number of carboxylic acids is 1. The third-order valence-electron chi connectivity index (χ3n) is 4.83. The largest absolute Gasteiger partial charge is 0.511 e. The van der Waals surface area contributed by atoms with Crippen molar-refractivity contribution in [2.24, 2.45) is 0 Å². The maximum atomic E-state index is 12.8. The van der Waals surface area contributed by atoms with E-state index in [0.717, 1.165) is 16.7 Å². The summed E-state index contributed by atoms with van der Waals surface area (Å²) in [6.07, 6.45) is 0.129. The Balaban J connectivity index is 1.76. The lowest BCUT2D eigenvalue weighted by Crippen LogP contribution is -2.47. The number of carboxylic acid groups (broad SMARTS) is 1. The highest BCUT2D eigenvalue weighted by atomic mass is 16.4. The second kappa shape index (κ2) is 8.60. The Bertz CT molecular complexity index is 951. The molecule has 29 heavy (non-hydrogen) atoms. The van der Waals surface area contributed by atoms with Crippen LogP contribution in [0.25, 0.3) is 11.1 Å². The van der Waals surface area contributed by atoms with Crippen molar-refractivity contribution in [3.05, 3.63) is 71.5 Å². The van der Waals surface area contributed by atoms with Gasteiger partial charge in [0.25, 0.3) is 11.8 Å². The Hall–Kier alpha value is -3.61. The van der Waals surface area contributed by atoms with Gasteiger partial charge in [-0.1, -0.05) is 54.6 Å². The Kier molecular flexibility index (Phi) is 5.97. The van der Waals surface area contributed by atoms with Crippen molar-refractivity contribution in [3.63, 3.8) is 0 Å². The molecule has 3 rings (SSSR count). The number of carbonyl (C=O) groups excluding carboxylic acids is 2. The predicted molar refractivity (Wildman–Crippen MR) is 107 cm³/mol. The number of hydrogen-bond acceptors (Lipinski definition) is 4. The molecule has 0 saturated heterocycles. The van der Waals surface area contributed by atoms with Crippen LogP contribution in [0.3, 0.4) is 0 Å². The van der Waals surface area contributed by atoms with Gasteiger partial charge < -0.3 is 20.4 Å². The quantitative estimate of drug-likeness (QED) is 0.653. The van der Waals surface area contributed by atoms with Crippen molar-refractivity contribution in [2.75, 3.05) is 6.54 Å². The van der Waals surface area contributed by atoms with Gasteiger partial charge in [-0.25, -0.2) is 0 Å². The molecule has 1 atom stereocenters. The van der Waals surface area contributed by atoms with E-state index in [1.165, 1.54) is 4.90 Å². The molecule has 2 amide bonds. The summed E-state index contributed by atoms with van der Waals surface area (Å²) in [6.45, 7) is 1.44. The first kappa shape index (κ1) is 20.1. The van der Waals surface area contributed by atoms with Gasteiger partial charge in [-0.15, -0.1) is 0 Å². The van der Waals surface area contributed by atoms with E-state index in [9.17, 15) is 19.5 Å². The summed E-state index contributed by atoms with van der Waals surface area (Å²) in [4.78, 5) is 37.2. The van der Waals surface area contributed by atoms with Gasteiger partial charge in [-0.3, -0.25) is 14.4 Å². The van der Waals surface area contributed by atoms with Gasteiger partial charge in [-0.2, -0.15) is 0 Å². The Labute approximate surface area is 168 Å². The lowest BCUT2D eigenvalue weighted by Gasteiger charge is -2.34. The van der Waals surface area contributed by atoms with Crippen molar-refractivity contribution in [1.82, 2.24) is 10.2 Å². The lowest BCUT2D eigenvalue weighted by molar-refractivity contribution is -0.139. The fraction of sp³-hybridized carbons (Fsp3) is 0.227. The van der Waals surface area contributed by atoms with E-state index >= 15 is 0 Å². The number of hydrogen-bond donors (Lipinski definition) is 3. The highest BCUT2D eigenvalue weighted by Gasteiger charge is 2.36. The molecule has 0 aromatic heterocycles. The van der Waals surface area contributed by atoms with Crippen LogP contribution in [0.4, 0.5) is 0 Å². The molecule has 1 aliphatic heterocycles. The first-order valence-corrected chi connectivity index (χ1v) is 9.24. The first-order valence-electron chi connectivity index (χ1n) is 9.24. The Morgan fingerprint density at radius 3 is 2.31 bits per heavy atom. The Morgan fingerprint density at radius 2 is 1.69 bits per heavy atom. The molecule has 2 aromatic rings. The minimum atomic E-state index is -1.23. The maximum Gasteiger partial charge on any atom is 0.322 e. The fourth-order valence-corrected chi connectivity index (χ4v) is 3.29. The van der Waals surface area contributed by atoms with Crippen LogP contribution < -0.4 is 5.32 Å². The number of rotatable bonds is 6. The van der Waals surface area contributed by atoms with E-state index < -0.39 is 29.9 Å². The van der Waals surface area contributed by atoms with Crippen LogP contribution in [0.5, 0.6) is 0 Å². The molecular weight excluding hydrogens is 372 g/mol. The molecule has 7 nitrogen and oxygen atoms in total. The molecule has 150 valence electrons. The number of aliphatic hydroxyl groups is 1. The molecule has 7 heteroatoms. The molecule has 0 saturated carbocycles. The molecule has 1 heterocycles. The molecule has 0 bridgehead atoms. The van der Waals surface area contributed by atoms with Crippen molar-refractivity contribution < 1.29 is 24.6 Å². The van der Waals surface area contributed by atoms with Gasteiger partial charge in [0.1, 0.15) is 17.9 Å². The van der Waals surface area contributed by atoms with Gasteiger partial charge in [0.05, 0.1) is 0 Å². The van der Waals surface area contributed by atoms with Crippen LogP contribution in [0.15, 0.2) is 65.9 Å². The third kappa shape index (κ3) is 4.63. The SMILES string of the molecule is CC1CC(O)=C(C(=O)NCC(=O)O)C(=O)N1Cc1ccc(-c2ccccc2)cc1. The van der Waals surface area contributed by atoms with Crippen molar-refractivity contribution in [1.29, 1.82) is 0 Å². The molecule has 1 aliphatic rings. The van der Waals surface area contributed by atoms with Crippen molar-refractivity contribution >= 4 is 17.8 Å². The summed E-state index contributed by atoms with van der Waals surface area (Å²) in [5.74, 6) is -3.05. The standard InChI is InChI=1S/C22H22N2O5/c1-14-11-18(25)20(21(28)23-12-19(26)27)22(29)24(14)13-15-7-9-17(10-8-15)16-5-3-2-4-6-16/h2-10,14,25H,11-13H2,1H3,(H,23,28)(H,26,27). The van der Waals surface area contributed by atoms with Crippen LogP contribution in [-0.2, 0) is 20.9 Å². The zero-order valence-corrected chi connectivity index (χ0v) is 16.0. The highest BCUT2D eigenvalue weighted by Crippen LogP contribution is 2.26. The van der Waals surface area contributed by atoms with Gasteiger partial charge in [0.15, 0.2) is 0 Å². The number of carbonyl (C=O) groups is 3. The average Bonchev–Trinajstić information content (AvgIpc) is 2.70. The van der Waals surface area contributed by atoms with E-state index in [-0.39, 0.29) is 24.8 Å². The second-order valence-electron chi connectivity index (χ2n) is 6.95. The van der Waals surface area contributed by atoms with E-state index in [0.29, 0.717) is 0 Å². The number of benzene rings is 2. The zero-order valence-electron chi connectivity index (χ0n) is 16.0. The van der Waals surface area contributed by atoms with E-state index in [1.807, 2.05) is 54.6 Å². The highest BCUT2D eigenvalue weighted by molar-refractivity contribution is 6.19. The summed E-state index contributed by atoms with van der Waals surface area (Å²) < 4.78 is 0. The van der Waals surface area contributed by atoms with Crippen LogP contribution in [0, 0.1) is 0 Å². The van der Waals surface area contributed by atoms with Gasteiger partial charge in [0, 0.05) is 19.0 Å². The average molecular weight is 394 g/mol. The smallest absolute Gasteiger partial charge is 0.322 e. The number of aliphatic hydroxyl groups excluding tert-OH is 1. The fourth-order valence-electron chi connectivity index (χ4n) is 3.29. The van der Waals surface area contributed by atoms with Crippen molar-refractivity contribution in [3.8, 4) is 11.1 Å². The van der Waals surface area contributed by atoms with Crippen LogP contribution in [0.1, 0.15) is 18.9 Å². The topological polar surface area (TPSA) is 107 Å². The summed E-state index contributed by atoms with van der Waals surface area (Å²) >= 11 is 0. The molecule has 1 unspecified atom stereocenters. The maximum absolute atomic E-state index is 12.8. The number of aliphatic carboxylic acids is 1. The normalized spacial score (nSPS) is 16.7. The van der Waals surface area contributed by atoms with Gasteiger partial charge in [-0.05, 0) is 23.6 Å². The minimum Gasteiger partial charge on any atom is -0.511 e. The van der Waals surface area contributed by atoms with Crippen molar-refractivity contribution in [2.45, 2.75) is 25.9 Å². The first-order chi connectivity index (χ1) is 13.9. The third-order valence-corrected chi connectivity index (χ3v) is 4.83. The zero-order chi connectivity index (χ0) is 21.0. The van der Waals surface area contributed by atoms with Gasteiger partial charge in [0.2, 0.25) is 0 Å². The summed E-state index contributed by atoms with van der Waals surface area (Å²) in [6, 6.07) is 17.4. The van der Waals surface area contributed by atoms with Crippen LogP contribution >= 0.6 is 0 Å². The molecule has 0 aliphatic carbocycles. The molecule has 0 radical (unpaired) electrons. The number of nitrogens with one attached hydrogen (secondary N) is 1. The summed E-state index contributed by atoms with van der Waals surface area (Å²) in [5.41, 5.74) is 2.63. The summed E-state index contributed by atoms with van der Waals surface area (Å²) in [5, 5.41) is 20.9. The number of amides is 2. The molecule has 0 spiro atoms.